The monoisotopic (exact) mass is 194 g/mol. The van der Waals surface area contributed by atoms with Crippen molar-refractivity contribution in [1.29, 1.82) is 0 Å². The zero-order valence-corrected chi connectivity index (χ0v) is 8.53. The van der Waals surface area contributed by atoms with E-state index in [1.807, 2.05) is 31.2 Å². The van der Waals surface area contributed by atoms with Crippen molar-refractivity contribution >= 4 is 5.69 Å². The van der Waals surface area contributed by atoms with Gasteiger partial charge in [0.05, 0.1) is 6.10 Å². The average Bonchev–Trinajstić information content (AvgIpc) is 2.18. The summed E-state index contributed by atoms with van der Waals surface area (Å²) < 4.78 is 0. The fourth-order valence-corrected chi connectivity index (χ4v) is 1.35. The molecule has 0 aromatic heterocycles. The van der Waals surface area contributed by atoms with Crippen molar-refractivity contribution in [3.63, 3.8) is 0 Å². The summed E-state index contributed by atoms with van der Waals surface area (Å²) in [4.78, 5) is 0. The first-order chi connectivity index (χ1) is 6.74. The SMILES string of the molecule is CCNCCC(O)c1cccc(N)c1. The van der Waals surface area contributed by atoms with Gasteiger partial charge in [-0.15, -0.1) is 0 Å². The van der Waals surface area contributed by atoms with Gasteiger partial charge in [0.1, 0.15) is 0 Å². The van der Waals surface area contributed by atoms with Crippen LogP contribution in [0.15, 0.2) is 24.3 Å². The quantitative estimate of drug-likeness (QED) is 0.489. The molecule has 1 unspecified atom stereocenters. The standard InChI is InChI=1S/C11H18N2O/c1-2-13-7-6-11(14)9-4-3-5-10(12)8-9/h3-5,8,11,13-14H,2,6-7,12H2,1H3. The third kappa shape index (κ3) is 3.36. The van der Waals surface area contributed by atoms with Crippen molar-refractivity contribution in [1.82, 2.24) is 5.32 Å². The smallest absolute Gasteiger partial charge is 0.0802 e. The van der Waals surface area contributed by atoms with Gasteiger partial charge in [-0.05, 0) is 37.2 Å². The summed E-state index contributed by atoms with van der Waals surface area (Å²) in [6.07, 6.45) is 0.301. The van der Waals surface area contributed by atoms with Gasteiger partial charge in [0.25, 0.3) is 0 Å². The number of anilines is 1. The van der Waals surface area contributed by atoms with E-state index in [1.54, 1.807) is 0 Å². The topological polar surface area (TPSA) is 58.3 Å². The van der Waals surface area contributed by atoms with Gasteiger partial charge in [-0.1, -0.05) is 19.1 Å². The van der Waals surface area contributed by atoms with E-state index in [9.17, 15) is 5.11 Å². The number of nitrogens with two attached hydrogens (primary N) is 1. The summed E-state index contributed by atoms with van der Waals surface area (Å²) in [6, 6.07) is 7.39. The Kier molecular flexibility index (Phi) is 4.43. The van der Waals surface area contributed by atoms with E-state index in [0.717, 1.165) is 25.1 Å². The van der Waals surface area contributed by atoms with E-state index in [-0.39, 0.29) is 0 Å². The van der Waals surface area contributed by atoms with E-state index >= 15 is 0 Å². The lowest BCUT2D eigenvalue weighted by molar-refractivity contribution is 0.167. The van der Waals surface area contributed by atoms with Crippen LogP contribution in [-0.2, 0) is 0 Å². The Labute approximate surface area is 84.9 Å². The summed E-state index contributed by atoms with van der Waals surface area (Å²) in [6.45, 7) is 3.81. The third-order valence-corrected chi connectivity index (χ3v) is 2.14. The van der Waals surface area contributed by atoms with Crippen LogP contribution in [0.25, 0.3) is 0 Å². The van der Waals surface area contributed by atoms with Crippen LogP contribution in [0.1, 0.15) is 25.0 Å². The second-order valence-electron chi connectivity index (χ2n) is 3.33. The van der Waals surface area contributed by atoms with Crippen molar-refractivity contribution in [3.8, 4) is 0 Å². The summed E-state index contributed by atoms with van der Waals surface area (Å²) in [5, 5.41) is 12.9. The lowest BCUT2D eigenvalue weighted by Crippen LogP contribution is -2.16. The molecule has 0 saturated carbocycles. The van der Waals surface area contributed by atoms with Crippen LogP contribution in [0.4, 0.5) is 5.69 Å². The lowest BCUT2D eigenvalue weighted by atomic mass is 10.1. The van der Waals surface area contributed by atoms with Gasteiger partial charge in [0.2, 0.25) is 0 Å². The van der Waals surface area contributed by atoms with Crippen LogP contribution >= 0.6 is 0 Å². The predicted octanol–water partition coefficient (Wildman–Crippen LogP) is 1.30. The molecular weight excluding hydrogens is 176 g/mol. The van der Waals surface area contributed by atoms with Gasteiger partial charge >= 0.3 is 0 Å². The lowest BCUT2D eigenvalue weighted by Gasteiger charge is -2.11. The minimum Gasteiger partial charge on any atom is -0.399 e. The summed E-state index contributed by atoms with van der Waals surface area (Å²) in [7, 11) is 0. The number of benzene rings is 1. The summed E-state index contributed by atoms with van der Waals surface area (Å²) >= 11 is 0. The molecule has 1 rings (SSSR count). The Balaban J connectivity index is 2.47. The molecule has 0 spiro atoms. The minimum absolute atomic E-state index is 0.419. The molecule has 0 heterocycles. The van der Waals surface area contributed by atoms with Crippen molar-refractivity contribution in [2.24, 2.45) is 0 Å². The van der Waals surface area contributed by atoms with Crippen molar-refractivity contribution < 1.29 is 5.11 Å². The molecule has 78 valence electrons. The Morgan fingerprint density at radius 1 is 1.50 bits per heavy atom. The molecule has 1 atom stereocenters. The van der Waals surface area contributed by atoms with Crippen molar-refractivity contribution in [2.45, 2.75) is 19.4 Å². The fourth-order valence-electron chi connectivity index (χ4n) is 1.35. The number of aliphatic hydroxyl groups excluding tert-OH is 1. The maximum Gasteiger partial charge on any atom is 0.0802 e. The number of nitrogens with one attached hydrogen (secondary N) is 1. The van der Waals surface area contributed by atoms with E-state index in [0.29, 0.717) is 5.69 Å². The first-order valence-electron chi connectivity index (χ1n) is 4.98. The van der Waals surface area contributed by atoms with E-state index < -0.39 is 6.10 Å². The maximum atomic E-state index is 9.78. The van der Waals surface area contributed by atoms with Gasteiger partial charge in [0.15, 0.2) is 0 Å². The molecule has 0 aliphatic carbocycles. The molecular formula is C11H18N2O. The number of nitrogen functional groups attached to an aromatic ring is 1. The molecule has 0 amide bonds. The highest BCUT2D eigenvalue weighted by Gasteiger charge is 2.06. The Bertz CT molecular complexity index is 276. The number of aliphatic hydroxyl groups is 1. The second kappa shape index (κ2) is 5.62. The highest BCUT2D eigenvalue weighted by Crippen LogP contribution is 2.17. The highest BCUT2D eigenvalue weighted by molar-refractivity contribution is 5.41. The van der Waals surface area contributed by atoms with Gasteiger partial charge in [-0.3, -0.25) is 0 Å². The molecule has 4 N–H and O–H groups in total. The molecule has 0 aliphatic heterocycles. The van der Waals surface area contributed by atoms with Crippen molar-refractivity contribution in [2.75, 3.05) is 18.8 Å². The number of hydrogen-bond donors (Lipinski definition) is 3. The molecule has 3 nitrogen and oxygen atoms in total. The van der Waals surface area contributed by atoms with Crippen LogP contribution in [0.2, 0.25) is 0 Å². The second-order valence-corrected chi connectivity index (χ2v) is 3.33. The molecule has 0 radical (unpaired) electrons. The number of rotatable bonds is 5. The Hall–Kier alpha value is -1.06. The largest absolute Gasteiger partial charge is 0.399 e. The van der Waals surface area contributed by atoms with Gasteiger partial charge < -0.3 is 16.2 Å². The van der Waals surface area contributed by atoms with Crippen molar-refractivity contribution in [3.05, 3.63) is 29.8 Å². The molecule has 1 aromatic rings. The Morgan fingerprint density at radius 2 is 2.29 bits per heavy atom. The zero-order chi connectivity index (χ0) is 10.4. The Morgan fingerprint density at radius 3 is 2.93 bits per heavy atom. The molecule has 0 aliphatic rings. The molecule has 0 bridgehead atoms. The van der Waals surface area contributed by atoms with Crippen LogP contribution < -0.4 is 11.1 Å². The molecule has 1 aromatic carbocycles. The minimum atomic E-state index is -0.419. The third-order valence-electron chi connectivity index (χ3n) is 2.14. The maximum absolute atomic E-state index is 9.78. The zero-order valence-electron chi connectivity index (χ0n) is 8.53. The summed E-state index contributed by atoms with van der Waals surface area (Å²) in [5.41, 5.74) is 7.22. The first kappa shape index (κ1) is 11.0. The van der Waals surface area contributed by atoms with E-state index in [2.05, 4.69) is 5.32 Å². The van der Waals surface area contributed by atoms with E-state index in [4.69, 9.17) is 5.73 Å². The normalized spacial score (nSPS) is 12.7. The van der Waals surface area contributed by atoms with Gasteiger partial charge in [0, 0.05) is 5.69 Å². The van der Waals surface area contributed by atoms with Crippen LogP contribution in [0.5, 0.6) is 0 Å². The van der Waals surface area contributed by atoms with Crippen LogP contribution in [0, 0.1) is 0 Å². The first-order valence-corrected chi connectivity index (χ1v) is 4.98. The van der Waals surface area contributed by atoms with Gasteiger partial charge in [-0.25, -0.2) is 0 Å². The van der Waals surface area contributed by atoms with E-state index in [1.165, 1.54) is 0 Å². The predicted molar refractivity (Wildman–Crippen MR) is 59.0 cm³/mol. The van der Waals surface area contributed by atoms with Crippen LogP contribution in [-0.4, -0.2) is 18.2 Å². The number of hydrogen-bond acceptors (Lipinski definition) is 3. The average molecular weight is 194 g/mol. The molecule has 0 fully saturated rings. The summed E-state index contributed by atoms with van der Waals surface area (Å²) in [5.74, 6) is 0. The molecule has 0 saturated heterocycles. The fraction of sp³-hybridized carbons (Fsp3) is 0.455. The van der Waals surface area contributed by atoms with Crippen LogP contribution in [0.3, 0.4) is 0 Å². The highest BCUT2D eigenvalue weighted by atomic mass is 16.3. The molecule has 3 heteroatoms. The van der Waals surface area contributed by atoms with Gasteiger partial charge in [-0.2, -0.15) is 0 Å². The molecule has 14 heavy (non-hydrogen) atoms.